The topological polar surface area (TPSA) is 89.7 Å². The number of benzene rings is 3. The number of imide groups is 1. The molecule has 4 rings (SSSR count). The zero-order valence-electron chi connectivity index (χ0n) is 18.6. The van der Waals surface area contributed by atoms with Crippen LogP contribution in [0.4, 0.5) is 23.7 Å². The van der Waals surface area contributed by atoms with Crippen molar-refractivity contribution in [1.82, 2.24) is 4.90 Å². The van der Waals surface area contributed by atoms with E-state index in [2.05, 4.69) is 47.8 Å². The van der Waals surface area contributed by atoms with Gasteiger partial charge in [-0.25, -0.2) is 0 Å². The van der Waals surface area contributed by atoms with Crippen molar-refractivity contribution in [2.75, 3.05) is 0 Å². The molecular formula is C24H12Br3F3N2O5S. The molecule has 3 aromatic carbocycles. The van der Waals surface area contributed by atoms with E-state index in [0.29, 0.717) is 26.6 Å². The second kappa shape index (κ2) is 11.2. The number of amides is 2. The van der Waals surface area contributed by atoms with Gasteiger partial charge in [-0.3, -0.25) is 24.6 Å². The fourth-order valence-electron chi connectivity index (χ4n) is 3.38. The van der Waals surface area contributed by atoms with Gasteiger partial charge in [0.15, 0.2) is 5.75 Å². The molecule has 0 aliphatic carbocycles. The van der Waals surface area contributed by atoms with Crippen LogP contribution < -0.4 is 4.74 Å². The van der Waals surface area contributed by atoms with Gasteiger partial charge in [0.05, 0.1) is 30.9 Å². The molecule has 0 N–H and O–H groups in total. The Labute approximate surface area is 242 Å². The van der Waals surface area contributed by atoms with Gasteiger partial charge in [-0.05, 0) is 91.2 Å². The second-order valence-electron chi connectivity index (χ2n) is 7.71. The number of nitro benzene ring substituents is 1. The molecule has 38 heavy (non-hydrogen) atoms. The number of ether oxygens (including phenoxy) is 1. The van der Waals surface area contributed by atoms with Crippen molar-refractivity contribution in [3.63, 3.8) is 0 Å². The highest BCUT2D eigenvalue weighted by Crippen LogP contribution is 2.43. The van der Waals surface area contributed by atoms with E-state index in [0.717, 1.165) is 32.8 Å². The number of nitro groups is 1. The Morgan fingerprint density at radius 3 is 2.26 bits per heavy atom. The van der Waals surface area contributed by atoms with Crippen LogP contribution in [0, 0.1) is 10.1 Å². The first-order valence-corrected chi connectivity index (χ1v) is 13.6. The fraction of sp³-hybridized carbons (Fsp3) is 0.0833. The summed E-state index contributed by atoms with van der Waals surface area (Å²) in [6.07, 6.45) is -3.26. The summed E-state index contributed by atoms with van der Waals surface area (Å²) in [7, 11) is 0. The monoisotopic (exact) mass is 734 g/mol. The van der Waals surface area contributed by atoms with Gasteiger partial charge in [0.25, 0.3) is 11.1 Å². The maximum atomic E-state index is 13.0. The number of alkyl halides is 3. The summed E-state index contributed by atoms with van der Waals surface area (Å²) >= 11 is 10.8. The number of hydrogen-bond acceptors (Lipinski definition) is 6. The molecule has 14 heteroatoms. The number of nitrogens with zero attached hydrogens (tertiary/aromatic N) is 2. The van der Waals surface area contributed by atoms with Crippen LogP contribution in [0.3, 0.4) is 0 Å². The molecule has 196 valence electrons. The number of thioether (sulfide) groups is 1. The van der Waals surface area contributed by atoms with E-state index < -0.39 is 39.2 Å². The molecule has 1 aliphatic heterocycles. The van der Waals surface area contributed by atoms with Gasteiger partial charge in [0, 0.05) is 10.5 Å². The lowest BCUT2D eigenvalue weighted by Gasteiger charge is -2.14. The van der Waals surface area contributed by atoms with Gasteiger partial charge in [-0.2, -0.15) is 13.2 Å². The van der Waals surface area contributed by atoms with Crippen LogP contribution in [0.15, 0.2) is 72.9 Å². The van der Waals surface area contributed by atoms with Crippen molar-refractivity contribution in [2.24, 2.45) is 0 Å². The quantitative estimate of drug-likeness (QED) is 0.143. The molecule has 1 fully saturated rings. The van der Waals surface area contributed by atoms with Gasteiger partial charge < -0.3 is 4.74 Å². The molecule has 1 aliphatic rings. The van der Waals surface area contributed by atoms with Crippen molar-refractivity contribution in [2.45, 2.75) is 12.7 Å². The van der Waals surface area contributed by atoms with Crippen LogP contribution in [-0.4, -0.2) is 21.0 Å². The Kier molecular flexibility index (Phi) is 8.35. The molecule has 0 spiro atoms. The minimum atomic E-state index is -4.76. The number of hydrogen-bond donors (Lipinski definition) is 0. The standard InChI is InChI=1S/C24H12Br3F3N2O5S/c25-15-4-2-1-3-13(15)11-31-22(33)20(38-23(31)34)9-12-7-16(26)21(17(27)8-12)37-19-6-5-14(24(28,29)30)10-18(19)32(35)36/h1-10H,11H2/b20-9-. The summed E-state index contributed by atoms with van der Waals surface area (Å²) in [5.74, 6) is -0.805. The Hall–Kier alpha value is -2.68. The van der Waals surface area contributed by atoms with E-state index in [1.807, 2.05) is 12.1 Å². The van der Waals surface area contributed by atoms with E-state index in [1.165, 1.54) is 18.2 Å². The lowest BCUT2D eigenvalue weighted by Crippen LogP contribution is -2.27. The molecule has 3 aromatic rings. The SMILES string of the molecule is O=C1S/C(=C\c2cc(Br)c(Oc3ccc(C(F)(F)F)cc3[N+](=O)[O-])c(Br)c2)C(=O)N1Cc1ccccc1Br. The van der Waals surface area contributed by atoms with Crippen LogP contribution in [-0.2, 0) is 17.5 Å². The van der Waals surface area contributed by atoms with Crippen LogP contribution in [0.25, 0.3) is 6.08 Å². The Balaban J connectivity index is 1.59. The number of rotatable bonds is 6. The predicted molar refractivity (Wildman–Crippen MR) is 146 cm³/mol. The smallest absolute Gasteiger partial charge is 0.416 e. The second-order valence-corrected chi connectivity index (χ2v) is 11.3. The third-order valence-corrected chi connectivity index (χ3v) is 8.03. The number of halogens is 6. The van der Waals surface area contributed by atoms with E-state index in [-0.39, 0.29) is 17.2 Å². The summed E-state index contributed by atoms with van der Waals surface area (Å²) < 4.78 is 45.9. The number of carbonyl (C=O) groups is 2. The third-order valence-electron chi connectivity index (χ3n) is 5.17. The third kappa shape index (κ3) is 6.14. The molecule has 7 nitrogen and oxygen atoms in total. The molecule has 0 bridgehead atoms. The van der Waals surface area contributed by atoms with Crippen molar-refractivity contribution in [1.29, 1.82) is 0 Å². The van der Waals surface area contributed by atoms with Crippen LogP contribution >= 0.6 is 59.6 Å². The summed E-state index contributed by atoms with van der Waals surface area (Å²) in [5, 5.41) is 11.0. The van der Waals surface area contributed by atoms with Crippen molar-refractivity contribution in [3.8, 4) is 11.5 Å². The van der Waals surface area contributed by atoms with E-state index in [9.17, 15) is 32.9 Å². The van der Waals surface area contributed by atoms with Crippen LogP contribution in [0.2, 0.25) is 0 Å². The minimum absolute atomic E-state index is 0.0621. The highest BCUT2D eigenvalue weighted by molar-refractivity contribution is 9.11. The average Bonchev–Trinajstić information content (AvgIpc) is 3.09. The minimum Gasteiger partial charge on any atom is -0.448 e. The molecular weight excluding hydrogens is 725 g/mol. The van der Waals surface area contributed by atoms with Crippen molar-refractivity contribution >= 4 is 82.5 Å². The first kappa shape index (κ1) is 28.3. The maximum Gasteiger partial charge on any atom is 0.416 e. The summed E-state index contributed by atoms with van der Waals surface area (Å²) in [4.78, 5) is 37.2. The van der Waals surface area contributed by atoms with Crippen LogP contribution in [0.1, 0.15) is 16.7 Å². The zero-order chi connectivity index (χ0) is 27.8. The molecule has 0 saturated carbocycles. The lowest BCUT2D eigenvalue weighted by molar-refractivity contribution is -0.385. The first-order chi connectivity index (χ1) is 17.8. The molecule has 0 unspecified atom stereocenters. The van der Waals surface area contributed by atoms with E-state index >= 15 is 0 Å². The zero-order valence-corrected chi connectivity index (χ0v) is 24.2. The predicted octanol–water partition coefficient (Wildman–Crippen LogP) is 8.93. The Morgan fingerprint density at radius 2 is 1.66 bits per heavy atom. The average molecular weight is 737 g/mol. The molecule has 2 amide bonds. The summed E-state index contributed by atoms with van der Waals surface area (Å²) in [5.41, 5.74) is -0.787. The summed E-state index contributed by atoms with van der Waals surface area (Å²) in [6.45, 7) is 0.0928. The summed E-state index contributed by atoms with van der Waals surface area (Å²) in [6, 6.07) is 12.3. The van der Waals surface area contributed by atoms with Crippen LogP contribution in [0.5, 0.6) is 11.5 Å². The van der Waals surface area contributed by atoms with Crippen molar-refractivity contribution < 1.29 is 32.4 Å². The van der Waals surface area contributed by atoms with Gasteiger partial charge in [-0.1, -0.05) is 34.1 Å². The fourth-order valence-corrected chi connectivity index (χ4v) is 6.01. The van der Waals surface area contributed by atoms with Gasteiger partial charge in [0.2, 0.25) is 5.75 Å². The Morgan fingerprint density at radius 1 is 1.00 bits per heavy atom. The van der Waals surface area contributed by atoms with E-state index in [1.54, 1.807) is 12.1 Å². The van der Waals surface area contributed by atoms with Gasteiger partial charge >= 0.3 is 11.9 Å². The molecule has 0 aromatic heterocycles. The highest BCUT2D eigenvalue weighted by atomic mass is 79.9. The maximum absolute atomic E-state index is 13.0. The van der Waals surface area contributed by atoms with Crippen molar-refractivity contribution in [3.05, 3.63) is 99.7 Å². The largest absolute Gasteiger partial charge is 0.448 e. The Bertz CT molecular complexity index is 1490. The normalized spacial score (nSPS) is 14.9. The molecule has 1 saturated heterocycles. The molecule has 0 atom stereocenters. The molecule has 0 radical (unpaired) electrons. The highest BCUT2D eigenvalue weighted by Gasteiger charge is 2.36. The lowest BCUT2D eigenvalue weighted by atomic mass is 10.1. The number of carbonyl (C=O) groups excluding carboxylic acids is 2. The van der Waals surface area contributed by atoms with E-state index in [4.69, 9.17) is 4.74 Å². The first-order valence-electron chi connectivity index (χ1n) is 10.4. The van der Waals surface area contributed by atoms with Gasteiger partial charge in [-0.15, -0.1) is 0 Å². The molecule has 1 heterocycles. The van der Waals surface area contributed by atoms with Gasteiger partial charge in [0.1, 0.15) is 0 Å².